The first-order valence-electron chi connectivity index (χ1n) is 4.09. The van der Waals surface area contributed by atoms with Crippen molar-refractivity contribution >= 4 is 5.91 Å². The van der Waals surface area contributed by atoms with Gasteiger partial charge in [-0.3, -0.25) is 9.59 Å². The first-order valence-corrected chi connectivity index (χ1v) is 4.09. The van der Waals surface area contributed by atoms with Crippen LogP contribution in [0.5, 0.6) is 0 Å². The number of hydrogen-bond acceptors (Lipinski definition) is 2. The van der Waals surface area contributed by atoms with Crippen molar-refractivity contribution in [1.29, 1.82) is 0 Å². The number of amides is 1. The summed E-state index contributed by atoms with van der Waals surface area (Å²) in [6.07, 6.45) is 1.46. The number of nitrogens with one attached hydrogen (secondary N) is 2. The molecular formula is C9H12N2O2. The Morgan fingerprint density at radius 2 is 2.23 bits per heavy atom. The maximum absolute atomic E-state index is 11.3. The van der Waals surface area contributed by atoms with E-state index in [1.165, 1.54) is 18.3 Å². The van der Waals surface area contributed by atoms with Crippen LogP contribution in [0.4, 0.5) is 0 Å². The van der Waals surface area contributed by atoms with Crippen molar-refractivity contribution in [2.75, 3.05) is 0 Å². The summed E-state index contributed by atoms with van der Waals surface area (Å²) >= 11 is 0. The first kappa shape index (κ1) is 9.51. The summed E-state index contributed by atoms with van der Waals surface area (Å²) in [5, 5.41) is 2.68. The second-order valence-corrected chi connectivity index (χ2v) is 3.07. The molecule has 1 aromatic rings. The lowest BCUT2D eigenvalue weighted by Crippen LogP contribution is -2.31. The summed E-state index contributed by atoms with van der Waals surface area (Å²) < 4.78 is 0. The van der Waals surface area contributed by atoms with Gasteiger partial charge in [0.05, 0.1) is 0 Å². The van der Waals surface area contributed by atoms with Crippen LogP contribution in [0, 0.1) is 0 Å². The number of carbonyl (C=O) groups is 1. The van der Waals surface area contributed by atoms with Gasteiger partial charge in [-0.15, -0.1) is 0 Å². The molecule has 4 heteroatoms. The molecule has 0 fully saturated rings. The molecule has 0 radical (unpaired) electrons. The van der Waals surface area contributed by atoms with E-state index in [2.05, 4.69) is 10.3 Å². The SMILES string of the molecule is CC(C)NC(=O)c1cc(=O)cc[nH]1. The van der Waals surface area contributed by atoms with Crippen LogP contribution >= 0.6 is 0 Å². The monoisotopic (exact) mass is 180 g/mol. The first-order chi connectivity index (χ1) is 6.09. The molecule has 13 heavy (non-hydrogen) atoms. The quantitative estimate of drug-likeness (QED) is 0.696. The topological polar surface area (TPSA) is 62.0 Å². The van der Waals surface area contributed by atoms with Crippen LogP contribution in [0.2, 0.25) is 0 Å². The molecule has 1 aromatic heterocycles. The minimum atomic E-state index is -0.257. The third-order valence-electron chi connectivity index (χ3n) is 1.44. The summed E-state index contributed by atoms with van der Waals surface area (Å²) in [7, 11) is 0. The summed E-state index contributed by atoms with van der Waals surface area (Å²) in [6.45, 7) is 3.72. The predicted octanol–water partition coefficient (Wildman–Crippen LogP) is 0.513. The van der Waals surface area contributed by atoms with Crippen molar-refractivity contribution < 1.29 is 4.79 Å². The van der Waals surface area contributed by atoms with Crippen LogP contribution in [-0.4, -0.2) is 16.9 Å². The van der Waals surface area contributed by atoms with Crippen LogP contribution in [0.1, 0.15) is 24.3 Å². The Hall–Kier alpha value is -1.58. The summed E-state index contributed by atoms with van der Waals surface area (Å²) in [5.41, 5.74) is 0.119. The standard InChI is InChI=1S/C9H12N2O2/c1-6(2)11-9(13)8-5-7(12)3-4-10-8/h3-6H,1-2H3,(H,10,12)(H,11,13). The normalized spacial score (nSPS) is 10.1. The second kappa shape index (κ2) is 3.89. The average Bonchev–Trinajstić information content (AvgIpc) is 2.03. The minimum absolute atomic E-state index is 0.0659. The minimum Gasteiger partial charge on any atom is -0.357 e. The van der Waals surface area contributed by atoms with Gasteiger partial charge in [0.2, 0.25) is 0 Å². The fourth-order valence-corrected chi connectivity index (χ4v) is 0.917. The Balaban J connectivity index is 2.83. The van der Waals surface area contributed by atoms with E-state index < -0.39 is 0 Å². The lowest BCUT2D eigenvalue weighted by molar-refractivity contribution is 0.0938. The molecule has 0 atom stereocenters. The van der Waals surface area contributed by atoms with Crippen molar-refractivity contribution in [1.82, 2.24) is 10.3 Å². The zero-order valence-electron chi connectivity index (χ0n) is 7.63. The largest absolute Gasteiger partial charge is 0.357 e. The summed E-state index contributed by atoms with van der Waals surface area (Å²) in [4.78, 5) is 24.9. The molecule has 1 rings (SSSR count). The lowest BCUT2D eigenvalue weighted by Gasteiger charge is -2.07. The number of carbonyl (C=O) groups excluding carboxylic acids is 1. The molecule has 0 aliphatic heterocycles. The zero-order chi connectivity index (χ0) is 9.84. The summed E-state index contributed by atoms with van der Waals surface area (Å²) in [6, 6.07) is 2.71. The molecule has 1 heterocycles. The van der Waals surface area contributed by atoms with Crippen LogP contribution in [0.25, 0.3) is 0 Å². The molecule has 0 saturated heterocycles. The second-order valence-electron chi connectivity index (χ2n) is 3.07. The Morgan fingerprint density at radius 3 is 2.77 bits per heavy atom. The molecule has 0 aliphatic rings. The van der Waals surface area contributed by atoms with Gasteiger partial charge >= 0.3 is 0 Å². The molecule has 1 amide bonds. The average molecular weight is 180 g/mol. The number of aromatic nitrogens is 1. The highest BCUT2D eigenvalue weighted by Crippen LogP contribution is 1.89. The van der Waals surface area contributed by atoms with E-state index in [1.807, 2.05) is 13.8 Å². The molecule has 70 valence electrons. The van der Waals surface area contributed by atoms with E-state index >= 15 is 0 Å². The number of rotatable bonds is 2. The molecule has 0 aromatic carbocycles. The zero-order valence-corrected chi connectivity index (χ0v) is 7.63. The third kappa shape index (κ3) is 2.74. The maximum Gasteiger partial charge on any atom is 0.268 e. The van der Waals surface area contributed by atoms with Crippen molar-refractivity contribution in [2.45, 2.75) is 19.9 Å². The van der Waals surface area contributed by atoms with Gasteiger partial charge in [-0.05, 0) is 13.8 Å². The van der Waals surface area contributed by atoms with E-state index in [1.54, 1.807) is 0 Å². The molecule has 0 spiro atoms. The predicted molar refractivity (Wildman–Crippen MR) is 49.7 cm³/mol. The van der Waals surface area contributed by atoms with Crippen molar-refractivity contribution in [2.24, 2.45) is 0 Å². The van der Waals surface area contributed by atoms with E-state index in [9.17, 15) is 9.59 Å². The third-order valence-corrected chi connectivity index (χ3v) is 1.44. The molecule has 0 saturated carbocycles. The Bertz CT molecular complexity index is 355. The van der Waals surface area contributed by atoms with Gasteiger partial charge in [-0.1, -0.05) is 0 Å². The van der Waals surface area contributed by atoms with Crippen LogP contribution < -0.4 is 10.7 Å². The van der Waals surface area contributed by atoms with Gasteiger partial charge in [0.25, 0.3) is 5.91 Å². The van der Waals surface area contributed by atoms with Gasteiger partial charge < -0.3 is 10.3 Å². The van der Waals surface area contributed by atoms with Gasteiger partial charge in [-0.2, -0.15) is 0 Å². The smallest absolute Gasteiger partial charge is 0.268 e. The van der Waals surface area contributed by atoms with Crippen molar-refractivity contribution in [3.05, 3.63) is 34.2 Å². The summed E-state index contributed by atoms with van der Waals surface area (Å²) in [5.74, 6) is -0.257. The highest BCUT2D eigenvalue weighted by atomic mass is 16.2. The fraction of sp³-hybridized carbons (Fsp3) is 0.333. The maximum atomic E-state index is 11.3. The van der Waals surface area contributed by atoms with Crippen LogP contribution in [0.15, 0.2) is 23.1 Å². The fourth-order valence-electron chi connectivity index (χ4n) is 0.917. The van der Waals surface area contributed by atoms with Crippen LogP contribution in [0.3, 0.4) is 0 Å². The van der Waals surface area contributed by atoms with E-state index in [0.717, 1.165) is 0 Å². The van der Waals surface area contributed by atoms with Crippen molar-refractivity contribution in [3.63, 3.8) is 0 Å². The van der Waals surface area contributed by atoms with Gasteiger partial charge in [0, 0.05) is 24.4 Å². The Kier molecular flexibility index (Phi) is 2.84. The van der Waals surface area contributed by atoms with E-state index in [-0.39, 0.29) is 17.4 Å². The number of H-pyrrole nitrogens is 1. The van der Waals surface area contributed by atoms with Crippen LogP contribution in [-0.2, 0) is 0 Å². The van der Waals surface area contributed by atoms with E-state index in [4.69, 9.17) is 0 Å². The Labute approximate surface area is 76.0 Å². The van der Waals surface area contributed by atoms with Crippen molar-refractivity contribution in [3.8, 4) is 0 Å². The molecular weight excluding hydrogens is 168 g/mol. The number of hydrogen-bond donors (Lipinski definition) is 2. The molecule has 0 bridgehead atoms. The van der Waals surface area contributed by atoms with Gasteiger partial charge in [0.15, 0.2) is 5.43 Å². The molecule has 0 unspecified atom stereocenters. The highest BCUT2D eigenvalue weighted by molar-refractivity contribution is 5.92. The Morgan fingerprint density at radius 1 is 1.54 bits per heavy atom. The lowest BCUT2D eigenvalue weighted by atomic mass is 10.3. The molecule has 2 N–H and O–H groups in total. The highest BCUT2D eigenvalue weighted by Gasteiger charge is 2.06. The molecule has 4 nitrogen and oxygen atoms in total. The van der Waals surface area contributed by atoms with E-state index in [0.29, 0.717) is 5.69 Å². The number of aromatic amines is 1. The molecule has 0 aliphatic carbocycles. The van der Waals surface area contributed by atoms with Gasteiger partial charge in [-0.25, -0.2) is 0 Å². The van der Waals surface area contributed by atoms with Gasteiger partial charge in [0.1, 0.15) is 5.69 Å². The number of pyridine rings is 1.